The maximum atomic E-state index is 5.40. The molecule has 0 aliphatic heterocycles. The second kappa shape index (κ2) is 4.11. The fourth-order valence-electron chi connectivity index (χ4n) is 1.24. The van der Waals surface area contributed by atoms with E-state index < -0.39 is 0 Å². The van der Waals surface area contributed by atoms with Crippen molar-refractivity contribution in [1.29, 1.82) is 0 Å². The van der Waals surface area contributed by atoms with Crippen LogP contribution in [0, 0.1) is 5.92 Å². The number of aromatic amines is 1. The summed E-state index contributed by atoms with van der Waals surface area (Å²) in [5.74, 6) is 1.49. The van der Waals surface area contributed by atoms with Gasteiger partial charge in [0.05, 0.1) is 0 Å². The number of hydrogen-bond donors (Lipinski definition) is 3. The molecule has 4 N–H and O–H groups in total. The molecule has 0 bridgehead atoms. The normalized spacial score (nSPS) is 13.2. The van der Waals surface area contributed by atoms with Crippen molar-refractivity contribution in [3.8, 4) is 0 Å². The molecule has 1 atom stereocenters. The average Bonchev–Trinajstić information content (AvgIpc) is 2.46. The lowest BCUT2D eigenvalue weighted by Gasteiger charge is -2.19. The number of anilines is 2. The number of nitrogens with two attached hydrogens (primary N) is 1. The molecule has 1 aromatic heterocycles. The molecule has 0 fully saturated rings. The van der Waals surface area contributed by atoms with Crippen LogP contribution in [0.5, 0.6) is 0 Å². The van der Waals surface area contributed by atoms with Crippen molar-refractivity contribution >= 4 is 11.9 Å². The topological polar surface area (TPSA) is 79.6 Å². The molecule has 0 aliphatic carbocycles. The van der Waals surface area contributed by atoms with Crippen molar-refractivity contribution < 1.29 is 0 Å². The van der Waals surface area contributed by atoms with Gasteiger partial charge < -0.3 is 11.1 Å². The molecule has 0 aliphatic rings. The first-order chi connectivity index (χ1) is 6.13. The van der Waals surface area contributed by atoms with Crippen molar-refractivity contribution in [2.75, 3.05) is 11.1 Å². The Labute approximate surface area is 78.1 Å². The van der Waals surface area contributed by atoms with Crippen LogP contribution < -0.4 is 11.1 Å². The van der Waals surface area contributed by atoms with E-state index in [0.29, 0.717) is 23.9 Å². The fourth-order valence-corrected chi connectivity index (χ4v) is 1.24. The molecule has 1 rings (SSSR count). The standard InChI is InChI=1S/C8H17N5/c1-4-6(5(2)3)10-8-11-7(9)12-13-8/h5-6H,4H2,1-3H3,(H4,9,10,11,12,13). The molecule has 0 spiro atoms. The van der Waals surface area contributed by atoms with E-state index in [4.69, 9.17) is 5.73 Å². The van der Waals surface area contributed by atoms with Crippen LogP contribution in [0.4, 0.5) is 11.9 Å². The molecular formula is C8H17N5. The summed E-state index contributed by atoms with van der Waals surface area (Å²) in [6.07, 6.45) is 1.05. The summed E-state index contributed by atoms with van der Waals surface area (Å²) in [6, 6.07) is 0.398. The van der Waals surface area contributed by atoms with Crippen molar-refractivity contribution in [2.24, 2.45) is 5.92 Å². The van der Waals surface area contributed by atoms with E-state index in [9.17, 15) is 0 Å². The van der Waals surface area contributed by atoms with Crippen LogP contribution >= 0.6 is 0 Å². The smallest absolute Gasteiger partial charge is 0.243 e. The third-order valence-electron chi connectivity index (χ3n) is 2.06. The van der Waals surface area contributed by atoms with Crippen molar-refractivity contribution in [3.05, 3.63) is 0 Å². The number of nitrogens with zero attached hydrogens (tertiary/aromatic N) is 2. The van der Waals surface area contributed by atoms with Crippen LogP contribution in [0.3, 0.4) is 0 Å². The predicted molar refractivity (Wildman–Crippen MR) is 53.3 cm³/mol. The highest BCUT2D eigenvalue weighted by atomic mass is 15.3. The van der Waals surface area contributed by atoms with Gasteiger partial charge in [-0.15, -0.1) is 5.10 Å². The van der Waals surface area contributed by atoms with Crippen LogP contribution in [-0.2, 0) is 0 Å². The molecule has 0 amide bonds. The molecule has 1 aromatic rings. The Morgan fingerprint density at radius 1 is 1.54 bits per heavy atom. The Kier molecular flexibility index (Phi) is 3.11. The highest BCUT2D eigenvalue weighted by Gasteiger charge is 2.12. The zero-order valence-electron chi connectivity index (χ0n) is 8.33. The second-order valence-corrected chi connectivity index (χ2v) is 3.45. The number of aromatic nitrogens is 3. The van der Waals surface area contributed by atoms with E-state index in [1.165, 1.54) is 0 Å². The van der Waals surface area contributed by atoms with Gasteiger partial charge in [-0.3, -0.25) is 0 Å². The molecule has 0 radical (unpaired) electrons. The molecule has 0 saturated heterocycles. The molecule has 1 unspecified atom stereocenters. The summed E-state index contributed by atoms with van der Waals surface area (Å²) in [7, 11) is 0. The van der Waals surface area contributed by atoms with E-state index in [1.54, 1.807) is 0 Å². The van der Waals surface area contributed by atoms with E-state index in [2.05, 4.69) is 41.3 Å². The summed E-state index contributed by atoms with van der Waals surface area (Å²) in [4.78, 5) is 3.98. The van der Waals surface area contributed by atoms with Crippen molar-refractivity contribution in [2.45, 2.75) is 33.2 Å². The lowest BCUT2D eigenvalue weighted by atomic mass is 10.0. The Morgan fingerprint density at radius 2 is 2.23 bits per heavy atom. The summed E-state index contributed by atoms with van der Waals surface area (Å²) in [5.41, 5.74) is 5.40. The lowest BCUT2D eigenvalue weighted by Crippen LogP contribution is -2.25. The zero-order valence-corrected chi connectivity index (χ0v) is 8.33. The lowest BCUT2D eigenvalue weighted by molar-refractivity contribution is 0.508. The number of hydrogen-bond acceptors (Lipinski definition) is 4. The molecule has 1 heterocycles. The van der Waals surface area contributed by atoms with Gasteiger partial charge in [-0.2, -0.15) is 4.98 Å². The summed E-state index contributed by atoms with van der Waals surface area (Å²) in [6.45, 7) is 6.46. The molecule has 0 saturated carbocycles. The van der Waals surface area contributed by atoms with E-state index in [-0.39, 0.29) is 0 Å². The van der Waals surface area contributed by atoms with Gasteiger partial charge in [0.15, 0.2) is 0 Å². The fraction of sp³-hybridized carbons (Fsp3) is 0.750. The van der Waals surface area contributed by atoms with Gasteiger partial charge in [0.1, 0.15) is 0 Å². The van der Waals surface area contributed by atoms with Gasteiger partial charge in [-0.25, -0.2) is 5.10 Å². The number of nitrogen functional groups attached to an aromatic ring is 1. The molecule has 0 aromatic carbocycles. The van der Waals surface area contributed by atoms with Gasteiger partial charge >= 0.3 is 0 Å². The summed E-state index contributed by atoms with van der Waals surface area (Å²) < 4.78 is 0. The zero-order chi connectivity index (χ0) is 9.84. The van der Waals surface area contributed by atoms with Crippen LogP contribution in [0.25, 0.3) is 0 Å². The second-order valence-electron chi connectivity index (χ2n) is 3.45. The van der Waals surface area contributed by atoms with E-state index >= 15 is 0 Å². The number of rotatable bonds is 4. The van der Waals surface area contributed by atoms with E-state index in [0.717, 1.165) is 6.42 Å². The quantitative estimate of drug-likeness (QED) is 0.656. The summed E-state index contributed by atoms with van der Waals surface area (Å²) >= 11 is 0. The SMILES string of the molecule is CCC(Nc1n[nH]c(N)n1)C(C)C. The van der Waals surface area contributed by atoms with Crippen LogP contribution in [0.1, 0.15) is 27.2 Å². The van der Waals surface area contributed by atoms with Gasteiger partial charge in [-0.1, -0.05) is 20.8 Å². The average molecular weight is 183 g/mol. The minimum atomic E-state index is 0.348. The Bertz CT molecular complexity index is 255. The third-order valence-corrected chi connectivity index (χ3v) is 2.06. The number of nitrogens with one attached hydrogen (secondary N) is 2. The molecular weight excluding hydrogens is 166 g/mol. The molecule has 74 valence electrons. The van der Waals surface area contributed by atoms with Gasteiger partial charge in [0.25, 0.3) is 0 Å². The van der Waals surface area contributed by atoms with Crippen LogP contribution in [-0.4, -0.2) is 21.2 Å². The van der Waals surface area contributed by atoms with Gasteiger partial charge in [0, 0.05) is 6.04 Å². The third kappa shape index (κ3) is 2.61. The minimum absolute atomic E-state index is 0.348. The first-order valence-electron chi connectivity index (χ1n) is 4.58. The first kappa shape index (κ1) is 9.83. The highest BCUT2D eigenvalue weighted by Crippen LogP contribution is 2.11. The molecule has 5 heteroatoms. The van der Waals surface area contributed by atoms with Gasteiger partial charge in [0.2, 0.25) is 11.9 Å². The first-order valence-corrected chi connectivity index (χ1v) is 4.58. The highest BCUT2D eigenvalue weighted by molar-refractivity contribution is 5.30. The maximum absolute atomic E-state index is 5.40. The number of H-pyrrole nitrogens is 1. The van der Waals surface area contributed by atoms with Crippen LogP contribution in [0.15, 0.2) is 0 Å². The van der Waals surface area contributed by atoms with E-state index in [1.807, 2.05) is 0 Å². The Morgan fingerprint density at radius 3 is 2.62 bits per heavy atom. The predicted octanol–water partition coefficient (Wildman–Crippen LogP) is 1.23. The van der Waals surface area contributed by atoms with Crippen LogP contribution in [0.2, 0.25) is 0 Å². The molecule has 5 nitrogen and oxygen atoms in total. The monoisotopic (exact) mass is 183 g/mol. The Hall–Kier alpha value is -1.26. The Balaban J connectivity index is 2.56. The van der Waals surface area contributed by atoms with Crippen molar-refractivity contribution in [3.63, 3.8) is 0 Å². The summed E-state index contributed by atoms with van der Waals surface area (Å²) in [5, 5.41) is 9.72. The maximum Gasteiger partial charge on any atom is 0.243 e. The van der Waals surface area contributed by atoms with Gasteiger partial charge in [-0.05, 0) is 12.3 Å². The minimum Gasteiger partial charge on any atom is -0.368 e. The van der Waals surface area contributed by atoms with Crippen molar-refractivity contribution in [1.82, 2.24) is 15.2 Å². The molecule has 13 heavy (non-hydrogen) atoms. The largest absolute Gasteiger partial charge is 0.368 e.